The lowest BCUT2D eigenvalue weighted by molar-refractivity contribution is 0.0996. The molecule has 86 valence electrons. The van der Waals surface area contributed by atoms with E-state index in [2.05, 4.69) is 6.92 Å². The Labute approximate surface area is 89.2 Å². The van der Waals surface area contributed by atoms with Crippen LogP contribution < -0.4 is 5.73 Å². The van der Waals surface area contributed by atoms with E-state index < -0.39 is 0 Å². The molecule has 14 heavy (non-hydrogen) atoms. The van der Waals surface area contributed by atoms with Crippen molar-refractivity contribution in [1.82, 2.24) is 0 Å². The molecule has 0 spiro atoms. The van der Waals surface area contributed by atoms with E-state index in [4.69, 9.17) is 10.5 Å². The zero-order valence-corrected chi connectivity index (χ0v) is 9.93. The second-order valence-electron chi connectivity index (χ2n) is 4.00. The summed E-state index contributed by atoms with van der Waals surface area (Å²) in [6.45, 7) is 2.91. The maximum absolute atomic E-state index is 5.54. The van der Waals surface area contributed by atoms with Gasteiger partial charge in [-0.05, 0) is 6.42 Å². The van der Waals surface area contributed by atoms with Gasteiger partial charge in [0.1, 0.15) is 0 Å². The van der Waals surface area contributed by atoms with Crippen molar-refractivity contribution >= 4 is 0 Å². The van der Waals surface area contributed by atoms with Crippen LogP contribution in [0.3, 0.4) is 0 Å². The molecule has 2 heteroatoms. The summed E-state index contributed by atoms with van der Waals surface area (Å²) in [6.07, 6.45) is 10.9. The molecule has 0 aromatic rings. The fourth-order valence-corrected chi connectivity index (χ4v) is 1.66. The van der Waals surface area contributed by atoms with Gasteiger partial charge in [0.15, 0.2) is 0 Å². The molecule has 0 aliphatic rings. The lowest BCUT2D eigenvalue weighted by Crippen LogP contribution is -2.21. The van der Waals surface area contributed by atoms with Crippen LogP contribution >= 0.6 is 0 Å². The molecule has 0 saturated heterocycles. The molecule has 0 aliphatic heterocycles. The largest absolute Gasteiger partial charge is 0.380 e. The molecule has 0 fully saturated rings. The highest BCUT2D eigenvalue weighted by Gasteiger charge is 2.02. The van der Waals surface area contributed by atoms with Crippen molar-refractivity contribution < 1.29 is 4.74 Å². The Bertz CT molecular complexity index is 102. The average molecular weight is 201 g/mol. The standard InChI is InChI=1S/C12H27NO/c1-3-4-5-6-7-8-9-10-12(11-13)14-2/h12H,3-11,13H2,1-2H3. The number of unbranched alkanes of at least 4 members (excludes halogenated alkanes) is 6. The van der Waals surface area contributed by atoms with Crippen molar-refractivity contribution in [3.05, 3.63) is 0 Å². The first-order valence-electron chi connectivity index (χ1n) is 6.08. The number of rotatable bonds is 10. The number of hydrogen-bond donors (Lipinski definition) is 1. The smallest absolute Gasteiger partial charge is 0.0693 e. The van der Waals surface area contributed by atoms with E-state index in [-0.39, 0.29) is 6.10 Å². The third kappa shape index (κ3) is 8.52. The first-order chi connectivity index (χ1) is 6.85. The third-order valence-electron chi connectivity index (χ3n) is 2.73. The van der Waals surface area contributed by atoms with Crippen LogP contribution in [-0.4, -0.2) is 19.8 Å². The predicted octanol–water partition coefficient (Wildman–Crippen LogP) is 3.10. The van der Waals surface area contributed by atoms with Crippen LogP contribution in [0.15, 0.2) is 0 Å². The van der Waals surface area contributed by atoms with Gasteiger partial charge in [-0.1, -0.05) is 51.9 Å². The maximum atomic E-state index is 5.54. The van der Waals surface area contributed by atoms with Crippen molar-refractivity contribution in [2.75, 3.05) is 13.7 Å². The minimum Gasteiger partial charge on any atom is -0.380 e. The third-order valence-corrected chi connectivity index (χ3v) is 2.73. The van der Waals surface area contributed by atoms with Gasteiger partial charge in [0.2, 0.25) is 0 Å². The molecule has 2 N–H and O–H groups in total. The number of hydrogen-bond acceptors (Lipinski definition) is 2. The lowest BCUT2D eigenvalue weighted by atomic mass is 10.1. The predicted molar refractivity (Wildman–Crippen MR) is 62.5 cm³/mol. The van der Waals surface area contributed by atoms with Crippen LogP contribution in [0.25, 0.3) is 0 Å². The highest BCUT2D eigenvalue weighted by Crippen LogP contribution is 2.10. The van der Waals surface area contributed by atoms with E-state index in [1.165, 1.54) is 44.9 Å². The molecule has 0 radical (unpaired) electrons. The number of nitrogens with two attached hydrogens (primary N) is 1. The summed E-state index contributed by atoms with van der Waals surface area (Å²) in [5, 5.41) is 0. The normalized spacial score (nSPS) is 13.1. The van der Waals surface area contributed by atoms with Crippen molar-refractivity contribution in [1.29, 1.82) is 0 Å². The minimum absolute atomic E-state index is 0.283. The quantitative estimate of drug-likeness (QED) is 0.551. The number of methoxy groups -OCH3 is 1. The second-order valence-corrected chi connectivity index (χ2v) is 4.00. The van der Waals surface area contributed by atoms with E-state index in [0.717, 1.165) is 6.42 Å². The highest BCUT2D eigenvalue weighted by molar-refractivity contribution is 4.57. The molecule has 0 aliphatic carbocycles. The van der Waals surface area contributed by atoms with Gasteiger partial charge in [-0.3, -0.25) is 0 Å². The van der Waals surface area contributed by atoms with Gasteiger partial charge in [-0.25, -0.2) is 0 Å². The SMILES string of the molecule is CCCCCCCCCC(CN)OC. The van der Waals surface area contributed by atoms with E-state index in [1.54, 1.807) is 7.11 Å². The topological polar surface area (TPSA) is 35.2 Å². The van der Waals surface area contributed by atoms with E-state index in [1.807, 2.05) is 0 Å². The Balaban J connectivity index is 3.04. The molecule has 0 amide bonds. The molecule has 1 unspecified atom stereocenters. The molecular formula is C12H27NO. The summed E-state index contributed by atoms with van der Waals surface area (Å²) in [6, 6.07) is 0. The molecular weight excluding hydrogens is 174 g/mol. The Morgan fingerprint density at radius 3 is 2.07 bits per heavy atom. The average Bonchev–Trinajstić information content (AvgIpc) is 2.22. The van der Waals surface area contributed by atoms with Crippen LogP contribution in [0.2, 0.25) is 0 Å². The summed E-state index contributed by atoms with van der Waals surface area (Å²) < 4.78 is 5.22. The van der Waals surface area contributed by atoms with Crippen molar-refractivity contribution in [2.45, 2.75) is 64.4 Å². The summed E-state index contributed by atoms with van der Waals surface area (Å²) in [5.74, 6) is 0. The monoisotopic (exact) mass is 201 g/mol. The Kier molecular flexibility index (Phi) is 10.9. The summed E-state index contributed by atoms with van der Waals surface area (Å²) in [4.78, 5) is 0. The van der Waals surface area contributed by atoms with Crippen LogP contribution in [0.5, 0.6) is 0 Å². The van der Waals surface area contributed by atoms with Gasteiger partial charge in [-0.15, -0.1) is 0 Å². The first kappa shape index (κ1) is 13.9. The van der Waals surface area contributed by atoms with Crippen LogP contribution in [0.4, 0.5) is 0 Å². The minimum atomic E-state index is 0.283. The van der Waals surface area contributed by atoms with Gasteiger partial charge < -0.3 is 10.5 Å². The van der Waals surface area contributed by atoms with Crippen molar-refractivity contribution in [2.24, 2.45) is 5.73 Å². The van der Waals surface area contributed by atoms with Crippen LogP contribution in [0, 0.1) is 0 Å². The molecule has 0 heterocycles. The zero-order chi connectivity index (χ0) is 10.6. The lowest BCUT2D eigenvalue weighted by Gasteiger charge is -2.11. The van der Waals surface area contributed by atoms with Crippen molar-refractivity contribution in [3.8, 4) is 0 Å². The van der Waals surface area contributed by atoms with Gasteiger partial charge in [0.05, 0.1) is 6.10 Å². The first-order valence-corrected chi connectivity index (χ1v) is 6.08. The summed E-state index contributed by atoms with van der Waals surface area (Å²) >= 11 is 0. The summed E-state index contributed by atoms with van der Waals surface area (Å²) in [7, 11) is 1.75. The van der Waals surface area contributed by atoms with Gasteiger partial charge in [0, 0.05) is 13.7 Å². The Morgan fingerprint density at radius 1 is 1.00 bits per heavy atom. The Morgan fingerprint density at radius 2 is 1.57 bits per heavy atom. The van der Waals surface area contributed by atoms with E-state index in [0.29, 0.717) is 6.54 Å². The molecule has 0 aromatic carbocycles. The molecule has 0 rings (SSSR count). The van der Waals surface area contributed by atoms with E-state index >= 15 is 0 Å². The molecule has 0 saturated carbocycles. The van der Waals surface area contributed by atoms with Gasteiger partial charge in [0.25, 0.3) is 0 Å². The van der Waals surface area contributed by atoms with E-state index in [9.17, 15) is 0 Å². The zero-order valence-electron chi connectivity index (χ0n) is 9.93. The molecule has 1 atom stereocenters. The fraction of sp³-hybridized carbons (Fsp3) is 1.00. The van der Waals surface area contributed by atoms with Crippen LogP contribution in [-0.2, 0) is 4.74 Å². The molecule has 0 bridgehead atoms. The Hall–Kier alpha value is -0.0800. The van der Waals surface area contributed by atoms with Gasteiger partial charge >= 0.3 is 0 Å². The number of ether oxygens (including phenoxy) is 1. The molecule has 2 nitrogen and oxygen atoms in total. The molecule has 0 aromatic heterocycles. The maximum Gasteiger partial charge on any atom is 0.0693 e. The van der Waals surface area contributed by atoms with Crippen LogP contribution in [0.1, 0.15) is 58.3 Å². The summed E-state index contributed by atoms with van der Waals surface area (Å²) in [5.41, 5.74) is 5.54. The van der Waals surface area contributed by atoms with Gasteiger partial charge in [-0.2, -0.15) is 0 Å². The van der Waals surface area contributed by atoms with Crippen molar-refractivity contribution in [3.63, 3.8) is 0 Å². The second kappa shape index (κ2) is 11.0. The fourth-order valence-electron chi connectivity index (χ4n) is 1.66. The highest BCUT2D eigenvalue weighted by atomic mass is 16.5.